The standard InChI is InChI=1S/C20H26.C19H24O.C19H24.C18H20F2.2C18H21F.C18H22/c1-6-16-9-10-18(13-17(16)7-2)19-11-14(4)20(8-3)15(5)12-19;1-4-14-7-9-18(16(6-3)11-14)19-10-8-15(5-2)12-17(19)13-20;1-5-15-8-10-18(12-14(15)4)19-11-9-16(6-2)17(7-3)13-19;1-4-12-7-8-14(10-17(12)19)15-9-13(5-2)16(6-3)18(20)11-15;1-4-13-7-9-16(11-15(13)6-3)17-10-8-14(5-2)18(19)12-17;1-4-13-7-9-16(15(6-3)11-13)17-10-8-14(5-2)12-18(17)19;1-4-14-7-9-17(10-8-14)18-12-11-15(5-2)16(6-3)13-18/h9-13H,6-8H2,1-5H3;7-12,20H,4-6,13H2,1-3H3;8-13H,5-7H2,1-4H3;7-11H,4-6H2,1-3H3;2*7-12H,4-6H2,1-3H3;7-13H,4-6H2,1-3H3. The molecule has 0 fully saturated rings. The van der Waals surface area contributed by atoms with Crippen molar-refractivity contribution >= 4 is 0 Å². The van der Waals surface area contributed by atoms with Gasteiger partial charge >= 0.3 is 0 Å². The second kappa shape index (κ2) is 55.7. The Bertz CT molecular complexity index is 5930. The van der Waals surface area contributed by atoms with E-state index in [1.54, 1.807) is 18.2 Å². The molecule has 0 amide bonds. The first-order chi connectivity index (χ1) is 65.3. The maximum atomic E-state index is 14.2. The molecule has 0 spiro atoms. The first kappa shape index (κ1) is 109. The number of aliphatic hydroxyl groups is 1. The molecule has 0 saturated heterocycles. The van der Waals surface area contributed by atoms with E-state index >= 15 is 0 Å². The maximum Gasteiger partial charge on any atom is 0.131 e. The van der Waals surface area contributed by atoms with Crippen LogP contribution in [0, 0.1) is 44.0 Å². The minimum Gasteiger partial charge on any atom is -0.392 e. The van der Waals surface area contributed by atoms with E-state index in [0.717, 1.165) is 183 Å². The predicted molar refractivity (Wildman–Crippen MR) is 580 cm³/mol. The number of aliphatic hydroxyl groups excluding tert-OH is 1. The summed E-state index contributed by atoms with van der Waals surface area (Å²) in [7, 11) is 0. The zero-order valence-electron chi connectivity index (χ0n) is 86.7. The van der Waals surface area contributed by atoms with Crippen LogP contribution in [0.1, 0.15) is 284 Å². The lowest BCUT2D eigenvalue weighted by atomic mass is 9.91. The van der Waals surface area contributed by atoms with Crippen LogP contribution in [0.5, 0.6) is 0 Å². The minimum absolute atomic E-state index is 0.0991. The van der Waals surface area contributed by atoms with Crippen molar-refractivity contribution in [3.05, 3.63) is 411 Å². The van der Waals surface area contributed by atoms with Crippen molar-refractivity contribution in [2.24, 2.45) is 0 Å². The topological polar surface area (TPSA) is 20.2 Å². The molecular formula is C130H158F4O. The highest BCUT2D eigenvalue weighted by atomic mass is 19.1. The van der Waals surface area contributed by atoms with E-state index in [-0.39, 0.29) is 29.9 Å². The van der Waals surface area contributed by atoms with Gasteiger partial charge in [0.05, 0.1) is 6.61 Å². The Morgan fingerprint density at radius 2 is 0.407 bits per heavy atom. The molecule has 1 nitrogen and oxygen atoms in total. The summed E-state index contributed by atoms with van der Waals surface area (Å²) in [6, 6.07) is 86.9. The fourth-order valence-electron chi connectivity index (χ4n) is 18.5. The average Bonchev–Trinajstić information content (AvgIpc) is 0.825. The first-order valence-corrected chi connectivity index (χ1v) is 51.2. The predicted octanol–water partition coefficient (Wildman–Crippen LogP) is 36.3. The van der Waals surface area contributed by atoms with Gasteiger partial charge in [-0.2, -0.15) is 0 Å². The summed E-state index contributed by atoms with van der Waals surface area (Å²) in [6.07, 6.45) is 20.9. The molecule has 14 aromatic rings. The first-order valence-electron chi connectivity index (χ1n) is 51.2. The molecule has 0 aliphatic heterocycles. The molecule has 0 heterocycles. The van der Waals surface area contributed by atoms with Crippen molar-refractivity contribution in [3.63, 3.8) is 0 Å². The lowest BCUT2D eigenvalue weighted by Gasteiger charge is -2.14. The van der Waals surface area contributed by atoms with Gasteiger partial charge in [0.1, 0.15) is 23.3 Å². The number of hydrogen-bond acceptors (Lipinski definition) is 1. The van der Waals surface area contributed by atoms with Gasteiger partial charge in [-0.15, -0.1) is 0 Å². The molecule has 0 radical (unpaired) electrons. The number of hydrogen-bond donors (Lipinski definition) is 1. The van der Waals surface area contributed by atoms with Crippen molar-refractivity contribution in [1.29, 1.82) is 0 Å². The van der Waals surface area contributed by atoms with Crippen LogP contribution in [-0.4, -0.2) is 5.11 Å². The van der Waals surface area contributed by atoms with Gasteiger partial charge in [-0.25, -0.2) is 17.6 Å². The lowest BCUT2D eigenvalue weighted by molar-refractivity contribution is 0.282. The summed E-state index contributed by atoms with van der Waals surface area (Å²) in [5.74, 6) is -0.624. The Balaban J connectivity index is 0.000000194. The normalized spacial score (nSPS) is 10.8. The molecule has 14 rings (SSSR count). The molecule has 0 aromatic heterocycles. The van der Waals surface area contributed by atoms with E-state index in [0.29, 0.717) is 18.4 Å². The Morgan fingerprint density at radius 1 is 0.156 bits per heavy atom. The molecule has 0 atom stereocenters. The summed E-state index contributed by atoms with van der Waals surface area (Å²) in [5, 5.41) is 9.66. The summed E-state index contributed by atoms with van der Waals surface area (Å²) in [6.45, 7) is 51.9. The molecule has 0 saturated carbocycles. The van der Waals surface area contributed by atoms with Gasteiger partial charge in [0, 0.05) is 5.56 Å². The van der Waals surface area contributed by atoms with Gasteiger partial charge in [-0.05, 0) is 391 Å². The van der Waals surface area contributed by atoms with Crippen molar-refractivity contribution < 1.29 is 22.7 Å². The molecule has 0 aliphatic rings. The third-order valence-electron chi connectivity index (χ3n) is 27.3. The van der Waals surface area contributed by atoms with Crippen LogP contribution in [-0.2, 0) is 141 Å². The Labute approximate surface area is 813 Å². The summed E-state index contributed by atoms with van der Waals surface area (Å²) >= 11 is 0. The van der Waals surface area contributed by atoms with E-state index in [2.05, 4.69) is 314 Å². The van der Waals surface area contributed by atoms with E-state index in [1.807, 2.05) is 71.0 Å². The number of benzene rings is 14. The fourth-order valence-corrected chi connectivity index (χ4v) is 18.5. The average molecular weight is 1810 g/mol. The number of halogens is 4. The SMILES string of the molecule is CCc1ccc(-c2cc(C)c(CC)c(C)c2)cc1CC.CCc1ccc(-c2cc(F)c(CC)c(CC)c2)cc1F.CCc1ccc(-c2ccc(CC)c(CC)c2)cc1.CCc1ccc(-c2ccc(CC)c(CC)c2)cc1C.CCc1ccc(-c2ccc(CC)c(CC)c2)cc1F.CCc1ccc(-c2ccc(CC)cc2CC)c(F)c1.CCc1ccc(-c2ccc(CC)cc2CO)c(CC)c1. The van der Waals surface area contributed by atoms with Gasteiger partial charge in [-0.1, -0.05) is 370 Å². The Kier molecular flexibility index (Phi) is 45.0. The third-order valence-corrected chi connectivity index (χ3v) is 27.3. The summed E-state index contributed by atoms with van der Waals surface area (Å²) in [4.78, 5) is 0. The Morgan fingerprint density at radius 3 is 0.741 bits per heavy atom. The fraction of sp³-hybridized carbons (Fsp3) is 0.354. The van der Waals surface area contributed by atoms with Crippen molar-refractivity contribution in [2.45, 2.75) is 308 Å². The van der Waals surface area contributed by atoms with Crippen LogP contribution in [0.3, 0.4) is 0 Å². The summed E-state index contributed by atoms with van der Waals surface area (Å²) < 4.78 is 56.1. The Hall–Kier alpha value is -11.2. The van der Waals surface area contributed by atoms with Gasteiger partial charge < -0.3 is 5.11 Å². The summed E-state index contributed by atoms with van der Waals surface area (Å²) in [5.41, 5.74) is 47.9. The smallest absolute Gasteiger partial charge is 0.131 e. The van der Waals surface area contributed by atoms with Gasteiger partial charge in [0.15, 0.2) is 0 Å². The highest BCUT2D eigenvalue weighted by Crippen LogP contribution is 2.36. The second-order valence-electron chi connectivity index (χ2n) is 35.4. The van der Waals surface area contributed by atoms with E-state index in [4.69, 9.17) is 0 Å². The quantitative estimate of drug-likeness (QED) is 0.0463. The molecule has 0 bridgehead atoms. The molecular weight excluding hydrogens is 1650 g/mol. The van der Waals surface area contributed by atoms with E-state index in [9.17, 15) is 22.7 Å². The second-order valence-corrected chi connectivity index (χ2v) is 35.4. The molecule has 0 unspecified atom stereocenters. The molecule has 135 heavy (non-hydrogen) atoms. The van der Waals surface area contributed by atoms with Crippen molar-refractivity contribution in [1.82, 2.24) is 0 Å². The highest BCUT2D eigenvalue weighted by Gasteiger charge is 2.18. The maximum absolute atomic E-state index is 14.2. The van der Waals surface area contributed by atoms with Crippen molar-refractivity contribution in [3.8, 4) is 77.9 Å². The number of rotatable bonds is 29. The highest BCUT2D eigenvalue weighted by molar-refractivity contribution is 5.74. The van der Waals surface area contributed by atoms with E-state index < -0.39 is 0 Å². The van der Waals surface area contributed by atoms with Crippen LogP contribution in [0.4, 0.5) is 17.6 Å². The van der Waals surface area contributed by atoms with Crippen LogP contribution in [0.15, 0.2) is 249 Å². The molecule has 1 N–H and O–H groups in total. The molecule has 14 aromatic carbocycles. The largest absolute Gasteiger partial charge is 0.392 e. The molecule has 0 aliphatic carbocycles. The van der Waals surface area contributed by atoms with Crippen LogP contribution in [0.2, 0.25) is 0 Å². The minimum atomic E-state index is -0.219. The third kappa shape index (κ3) is 29.6. The zero-order valence-corrected chi connectivity index (χ0v) is 86.7. The van der Waals surface area contributed by atoms with Crippen molar-refractivity contribution in [2.75, 3.05) is 0 Å². The molecule has 5 heteroatoms. The number of aryl methyl sites for hydroxylation is 22. The molecule has 712 valence electrons. The van der Waals surface area contributed by atoms with Gasteiger partial charge in [0.25, 0.3) is 0 Å². The zero-order chi connectivity index (χ0) is 98.4. The van der Waals surface area contributed by atoms with Crippen LogP contribution < -0.4 is 0 Å². The van der Waals surface area contributed by atoms with E-state index in [1.165, 1.54) is 162 Å². The monoisotopic (exact) mass is 1810 g/mol. The van der Waals surface area contributed by atoms with Crippen LogP contribution in [0.25, 0.3) is 77.9 Å². The van der Waals surface area contributed by atoms with Gasteiger partial charge in [0.2, 0.25) is 0 Å². The lowest BCUT2D eigenvalue weighted by Crippen LogP contribution is -1.97. The van der Waals surface area contributed by atoms with Gasteiger partial charge in [-0.3, -0.25) is 0 Å². The van der Waals surface area contributed by atoms with Crippen LogP contribution >= 0.6 is 0 Å².